The van der Waals surface area contributed by atoms with Gasteiger partial charge in [0, 0.05) is 26.2 Å². The summed E-state index contributed by atoms with van der Waals surface area (Å²) in [6.45, 7) is 5.56. The molecule has 0 aromatic heterocycles. The number of halogens is 1. The molecule has 1 N–H and O–H groups in total. The van der Waals surface area contributed by atoms with E-state index < -0.39 is 0 Å². The Bertz CT molecular complexity index is 828. The van der Waals surface area contributed by atoms with Crippen molar-refractivity contribution in [1.82, 2.24) is 15.1 Å². The smallest absolute Gasteiger partial charge is 0.317 e. The van der Waals surface area contributed by atoms with Gasteiger partial charge in [-0.25, -0.2) is 9.18 Å². The van der Waals surface area contributed by atoms with Gasteiger partial charge in [-0.3, -0.25) is 4.90 Å². The molecule has 0 saturated carbocycles. The van der Waals surface area contributed by atoms with Gasteiger partial charge in [0.2, 0.25) is 0 Å². The maximum absolute atomic E-state index is 13.5. The highest BCUT2D eigenvalue weighted by molar-refractivity contribution is 5.74. The second-order valence-corrected chi connectivity index (χ2v) is 9.04. The molecule has 2 saturated heterocycles. The van der Waals surface area contributed by atoms with E-state index in [-0.39, 0.29) is 11.8 Å². The number of rotatable bonds is 6. The van der Waals surface area contributed by atoms with Gasteiger partial charge < -0.3 is 10.2 Å². The van der Waals surface area contributed by atoms with Crippen molar-refractivity contribution in [3.05, 3.63) is 71.5 Å². The number of amides is 2. The van der Waals surface area contributed by atoms with Crippen LogP contribution in [-0.2, 0) is 6.54 Å². The van der Waals surface area contributed by atoms with Crippen molar-refractivity contribution >= 4 is 6.03 Å². The van der Waals surface area contributed by atoms with Crippen LogP contribution in [0.5, 0.6) is 0 Å². The lowest BCUT2D eigenvalue weighted by atomic mass is 9.89. The Morgan fingerprint density at radius 2 is 1.68 bits per heavy atom. The minimum absolute atomic E-state index is 0.0548. The van der Waals surface area contributed by atoms with Crippen molar-refractivity contribution in [3.8, 4) is 0 Å². The van der Waals surface area contributed by atoms with Gasteiger partial charge in [0.15, 0.2) is 0 Å². The van der Waals surface area contributed by atoms with E-state index in [1.54, 1.807) is 12.1 Å². The normalized spacial score (nSPS) is 18.8. The second-order valence-electron chi connectivity index (χ2n) is 9.04. The monoisotopic (exact) mass is 423 g/mol. The number of carbonyl (C=O) groups is 1. The fourth-order valence-corrected chi connectivity index (χ4v) is 4.95. The van der Waals surface area contributed by atoms with Crippen molar-refractivity contribution in [2.24, 2.45) is 5.92 Å². The maximum atomic E-state index is 13.5. The Morgan fingerprint density at radius 1 is 0.935 bits per heavy atom. The van der Waals surface area contributed by atoms with Gasteiger partial charge in [-0.1, -0.05) is 42.5 Å². The van der Waals surface area contributed by atoms with E-state index in [0.29, 0.717) is 11.8 Å². The van der Waals surface area contributed by atoms with E-state index in [0.717, 1.165) is 64.1 Å². The zero-order chi connectivity index (χ0) is 21.5. The molecule has 4 rings (SSSR count). The molecule has 166 valence electrons. The number of benzene rings is 2. The van der Waals surface area contributed by atoms with Gasteiger partial charge in [0.1, 0.15) is 5.82 Å². The molecule has 31 heavy (non-hydrogen) atoms. The topological polar surface area (TPSA) is 35.6 Å². The molecule has 2 heterocycles. The van der Waals surface area contributed by atoms with E-state index in [2.05, 4.69) is 40.5 Å². The maximum Gasteiger partial charge on any atom is 0.317 e. The summed E-state index contributed by atoms with van der Waals surface area (Å²) in [6, 6.07) is 17.6. The van der Waals surface area contributed by atoms with Crippen LogP contribution in [0.3, 0.4) is 0 Å². The van der Waals surface area contributed by atoms with Crippen molar-refractivity contribution in [2.75, 3.05) is 32.7 Å². The summed E-state index contributed by atoms with van der Waals surface area (Å²) in [7, 11) is 0. The number of carbonyl (C=O) groups excluding carboxylic acids is 1. The van der Waals surface area contributed by atoms with E-state index >= 15 is 0 Å². The van der Waals surface area contributed by atoms with Crippen LogP contribution in [0.15, 0.2) is 54.6 Å². The molecule has 2 aliphatic rings. The number of piperidine rings is 2. The second kappa shape index (κ2) is 10.8. The van der Waals surface area contributed by atoms with Crippen LogP contribution in [-0.4, -0.2) is 48.6 Å². The molecule has 2 fully saturated rings. The summed E-state index contributed by atoms with van der Waals surface area (Å²) >= 11 is 0. The van der Waals surface area contributed by atoms with Crippen LogP contribution in [0.1, 0.15) is 49.1 Å². The standard InChI is InChI=1S/C26H34FN3O/c27-25-8-4-7-24(19-25)23-12-17-30(18-13-23)26(31)28-14-9-21-10-15-29(16-11-21)20-22-5-2-1-3-6-22/h1-8,19,21,23H,9-18,20H2,(H,28,31). The molecule has 2 aliphatic heterocycles. The van der Waals surface area contributed by atoms with Crippen LogP contribution in [0, 0.1) is 11.7 Å². The average Bonchev–Trinajstić information content (AvgIpc) is 2.81. The molecule has 0 unspecified atom stereocenters. The number of nitrogens with one attached hydrogen (secondary N) is 1. The Labute approximate surface area is 185 Å². The molecule has 0 spiro atoms. The number of likely N-dealkylation sites (tertiary alicyclic amines) is 2. The summed E-state index contributed by atoms with van der Waals surface area (Å²) in [5.41, 5.74) is 2.44. The highest BCUT2D eigenvalue weighted by atomic mass is 19.1. The first kappa shape index (κ1) is 21.8. The Hall–Kier alpha value is -2.40. The van der Waals surface area contributed by atoms with Crippen LogP contribution in [0.4, 0.5) is 9.18 Å². The summed E-state index contributed by atoms with van der Waals surface area (Å²) in [4.78, 5) is 17.0. The first-order valence-corrected chi connectivity index (χ1v) is 11.7. The molecule has 0 bridgehead atoms. The van der Waals surface area contributed by atoms with Crippen molar-refractivity contribution in [3.63, 3.8) is 0 Å². The predicted molar refractivity (Wildman–Crippen MR) is 122 cm³/mol. The van der Waals surface area contributed by atoms with Gasteiger partial charge in [0.05, 0.1) is 0 Å². The summed E-state index contributed by atoms with van der Waals surface area (Å²) in [5, 5.41) is 3.13. The van der Waals surface area contributed by atoms with Crippen molar-refractivity contribution in [1.29, 1.82) is 0 Å². The molecule has 5 heteroatoms. The third-order valence-electron chi connectivity index (χ3n) is 6.89. The van der Waals surface area contributed by atoms with Crippen LogP contribution < -0.4 is 5.32 Å². The fourth-order valence-electron chi connectivity index (χ4n) is 4.95. The van der Waals surface area contributed by atoms with E-state index in [1.807, 2.05) is 11.0 Å². The van der Waals surface area contributed by atoms with E-state index in [1.165, 1.54) is 24.5 Å². The summed E-state index contributed by atoms with van der Waals surface area (Å²) in [5.74, 6) is 0.871. The minimum atomic E-state index is -0.177. The third kappa shape index (κ3) is 6.30. The fraction of sp³-hybridized carbons (Fsp3) is 0.500. The third-order valence-corrected chi connectivity index (χ3v) is 6.89. The molecule has 0 aliphatic carbocycles. The largest absolute Gasteiger partial charge is 0.338 e. The Kier molecular flexibility index (Phi) is 7.57. The first-order chi connectivity index (χ1) is 15.2. The lowest BCUT2D eigenvalue weighted by molar-refractivity contribution is 0.166. The summed E-state index contributed by atoms with van der Waals surface area (Å²) < 4.78 is 13.5. The minimum Gasteiger partial charge on any atom is -0.338 e. The SMILES string of the molecule is O=C(NCCC1CCN(Cc2ccccc2)CC1)N1CCC(c2cccc(F)c2)CC1. The van der Waals surface area contributed by atoms with Gasteiger partial charge >= 0.3 is 6.03 Å². The van der Waals surface area contributed by atoms with E-state index in [4.69, 9.17) is 0 Å². The average molecular weight is 424 g/mol. The summed E-state index contributed by atoms with van der Waals surface area (Å²) in [6.07, 6.45) is 5.28. The molecule has 0 radical (unpaired) electrons. The molecule has 2 amide bonds. The zero-order valence-electron chi connectivity index (χ0n) is 18.3. The molecular formula is C26H34FN3O. The highest BCUT2D eigenvalue weighted by Crippen LogP contribution is 2.28. The van der Waals surface area contributed by atoms with Gasteiger partial charge in [-0.2, -0.15) is 0 Å². The number of hydrogen-bond donors (Lipinski definition) is 1. The Morgan fingerprint density at radius 3 is 2.39 bits per heavy atom. The van der Waals surface area contributed by atoms with Gasteiger partial charge in [-0.15, -0.1) is 0 Å². The first-order valence-electron chi connectivity index (χ1n) is 11.7. The van der Waals surface area contributed by atoms with E-state index in [9.17, 15) is 9.18 Å². The molecule has 2 aromatic rings. The number of urea groups is 1. The molecule has 4 nitrogen and oxygen atoms in total. The highest BCUT2D eigenvalue weighted by Gasteiger charge is 2.24. The quantitative estimate of drug-likeness (QED) is 0.708. The lowest BCUT2D eigenvalue weighted by Crippen LogP contribution is -2.44. The van der Waals surface area contributed by atoms with Crippen molar-refractivity contribution in [2.45, 2.75) is 44.6 Å². The molecular weight excluding hydrogens is 389 g/mol. The van der Waals surface area contributed by atoms with Crippen molar-refractivity contribution < 1.29 is 9.18 Å². The van der Waals surface area contributed by atoms with Crippen LogP contribution in [0.25, 0.3) is 0 Å². The Balaban J connectivity index is 1.11. The predicted octanol–water partition coefficient (Wildman–Crippen LogP) is 5.02. The lowest BCUT2D eigenvalue weighted by Gasteiger charge is -2.33. The van der Waals surface area contributed by atoms with Crippen LogP contribution >= 0.6 is 0 Å². The number of hydrogen-bond acceptors (Lipinski definition) is 2. The molecule has 2 aromatic carbocycles. The number of nitrogens with zero attached hydrogens (tertiary/aromatic N) is 2. The van der Waals surface area contributed by atoms with Gasteiger partial charge in [0.25, 0.3) is 0 Å². The zero-order valence-corrected chi connectivity index (χ0v) is 18.3. The van der Waals surface area contributed by atoms with Gasteiger partial charge in [-0.05, 0) is 80.3 Å². The van der Waals surface area contributed by atoms with Crippen LogP contribution in [0.2, 0.25) is 0 Å². The molecule has 0 atom stereocenters.